The summed E-state index contributed by atoms with van der Waals surface area (Å²) in [5.41, 5.74) is 6.91. The number of hydrogen-bond donors (Lipinski definition) is 2. The first kappa shape index (κ1) is 17.9. The van der Waals surface area contributed by atoms with Gasteiger partial charge in [0.2, 0.25) is 5.91 Å². The lowest BCUT2D eigenvalue weighted by atomic mass is 10.0. The normalized spacial score (nSPS) is 19.0. The zero-order valence-corrected chi connectivity index (χ0v) is 14.8. The number of methoxy groups -OCH3 is 1. The summed E-state index contributed by atoms with van der Waals surface area (Å²) < 4.78 is 5.40. The average molecular weight is 340 g/mol. The Labute approximate surface area is 143 Å². The monoisotopic (exact) mass is 339 g/mol. The first-order valence-corrected chi connectivity index (χ1v) is 8.43. The molecule has 0 bridgehead atoms. The summed E-state index contributed by atoms with van der Waals surface area (Å²) in [6, 6.07) is 5.23. The van der Waals surface area contributed by atoms with Crippen LogP contribution in [-0.4, -0.2) is 38.2 Å². The van der Waals surface area contributed by atoms with Gasteiger partial charge in [0.1, 0.15) is 5.75 Å². The van der Waals surface area contributed by atoms with Crippen LogP contribution >= 0.6 is 11.6 Å². The molecule has 1 fully saturated rings. The predicted molar refractivity (Wildman–Crippen MR) is 94.2 cm³/mol. The van der Waals surface area contributed by atoms with E-state index in [9.17, 15) is 4.79 Å². The van der Waals surface area contributed by atoms with Crippen LogP contribution in [-0.2, 0) is 4.79 Å². The molecule has 2 atom stereocenters. The summed E-state index contributed by atoms with van der Waals surface area (Å²) in [6.07, 6.45) is 1.58. The minimum atomic E-state index is -0.440. The standard InChI is InChI=1S/C17H26ClN3O2/c1-11(2)8-14(19)17(22)20-13-6-7-21(10-13)15-9-12(18)4-5-16(15)23-3/h4-5,9,11,13-14H,6-8,10,19H2,1-3H3,(H,20,22)/t13?,14-/m0/s1. The van der Waals surface area contributed by atoms with Crippen LogP contribution in [0.4, 0.5) is 5.69 Å². The number of amides is 1. The van der Waals surface area contributed by atoms with Crippen molar-refractivity contribution in [2.24, 2.45) is 11.7 Å². The number of carbonyl (C=O) groups excluding carboxylic acids is 1. The second-order valence-corrected chi connectivity index (χ2v) is 6.93. The average Bonchev–Trinajstić information content (AvgIpc) is 2.94. The molecule has 0 radical (unpaired) electrons. The number of benzene rings is 1. The third-order valence-electron chi connectivity index (χ3n) is 4.08. The van der Waals surface area contributed by atoms with Gasteiger partial charge in [0.05, 0.1) is 18.8 Å². The van der Waals surface area contributed by atoms with E-state index >= 15 is 0 Å². The summed E-state index contributed by atoms with van der Waals surface area (Å²) in [5, 5.41) is 3.73. The highest BCUT2D eigenvalue weighted by Gasteiger charge is 2.27. The van der Waals surface area contributed by atoms with Crippen molar-refractivity contribution in [2.45, 2.75) is 38.8 Å². The lowest BCUT2D eigenvalue weighted by Crippen LogP contribution is -2.46. The second kappa shape index (κ2) is 7.88. The first-order chi connectivity index (χ1) is 10.9. The zero-order chi connectivity index (χ0) is 17.0. The Morgan fingerprint density at radius 1 is 1.52 bits per heavy atom. The first-order valence-electron chi connectivity index (χ1n) is 8.05. The smallest absolute Gasteiger partial charge is 0.237 e. The maximum Gasteiger partial charge on any atom is 0.237 e. The van der Waals surface area contributed by atoms with Gasteiger partial charge in [-0.2, -0.15) is 0 Å². The van der Waals surface area contributed by atoms with Crippen LogP contribution in [0.5, 0.6) is 5.75 Å². The SMILES string of the molecule is COc1ccc(Cl)cc1N1CCC(NC(=O)[C@@H](N)CC(C)C)C1. The number of ether oxygens (including phenoxy) is 1. The molecule has 3 N–H and O–H groups in total. The van der Waals surface area contributed by atoms with Crippen molar-refractivity contribution in [3.05, 3.63) is 23.2 Å². The number of nitrogens with zero attached hydrogens (tertiary/aromatic N) is 1. The molecule has 0 aromatic heterocycles. The topological polar surface area (TPSA) is 67.6 Å². The molecule has 6 heteroatoms. The van der Waals surface area contributed by atoms with Crippen molar-refractivity contribution in [3.63, 3.8) is 0 Å². The van der Waals surface area contributed by atoms with Gasteiger partial charge in [-0.05, 0) is 37.0 Å². The minimum absolute atomic E-state index is 0.0661. The maximum absolute atomic E-state index is 12.2. The lowest BCUT2D eigenvalue weighted by Gasteiger charge is -2.22. The van der Waals surface area contributed by atoms with Gasteiger partial charge < -0.3 is 20.7 Å². The molecule has 0 spiro atoms. The Morgan fingerprint density at radius 2 is 2.26 bits per heavy atom. The quantitative estimate of drug-likeness (QED) is 0.835. The molecule has 1 aliphatic rings. The highest BCUT2D eigenvalue weighted by Crippen LogP contribution is 2.33. The largest absolute Gasteiger partial charge is 0.495 e. The van der Waals surface area contributed by atoms with Gasteiger partial charge in [0.15, 0.2) is 0 Å². The van der Waals surface area contributed by atoms with Crippen LogP contribution < -0.4 is 20.7 Å². The van der Waals surface area contributed by atoms with Crippen molar-refractivity contribution in [1.29, 1.82) is 0 Å². The molecule has 0 aliphatic carbocycles. The molecule has 1 heterocycles. The Kier molecular flexibility index (Phi) is 6.13. The summed E-state index contributed by atoms with van der Waals surface area (Å²) >= 11 is 6.09. The van der Waals surface area contributed by atoms with Gasteiger partial charge in [-0.3, -0.25) is 4.79 Å². The van der Waals surface area contributed by atoms with Gasteiger partial charge in [0, 0.05) is 24.2 Å². The van der Waals surface area contributed by atoms with E-state index in [2.05, 4.69) is 24.1 Å². The van der Waals surface area contributed by atoms with Crippen LogP contribution in [0.15, 0.2) is 18.2 Å². The third kappa shape index (κ3) is 4.75. The fourth-order valence-corrected chi connectivity index (χ4v) is 3.10. The van der Waals surface area contributed by atoms with Crippen molar-refractivity contribution in [2.75, 3.05) is 25.1 Å². The van der Waals surface area contributed by atoms with E-state index in [1.54, 1.807) is 7.11 Å². The van der Waals surface area contributed by atoms with Crippen LogP contribution in [0.3, 0.4) is 0 Å². The van der Waals surface area contributed by atoms with E-state index in [0.29, 0.717) is 17.4 Å². The van der Waals surface area contributed by atoms with Crippen molar-refractivity contribution >= 4 is 23.2 Å². The van der Waals surface area contributed by atoms with E-state index < -0.39 is 6.04 Å². The Bertz CT molecular complexity index is 551. The molecule has 128 valence electrons. The number of anilines is 1. The summed E-state index contributed by atoms with van der Waals surface area (Å²) in [6.45, 7) is 5.71. The molecule has 1 aromatic rings. The van der Waals surface area contributed by atoms with Crippen LogP contribution in [0.25, 0.3) is 0 Å². The number of nitrogens with one attached hydrogen (secondary N) is 1. The summed E-state index contributed by atoms with van der Waals surface area (Å²) in [5.74, 6) is 1.13. The van der Waals surface area contributed by atoms with Gasteiger partial charge in [0.25, 0.3) is 0 Å². The Morgan fingerprint density at radius 3 is 2.91 bits per heavy atom. The van der Waals surface area contributed by atoms with Crippen LogP contribution in [0.1, 0.15) is 26.7 Å². The highest BCUT2D eigenvalue weighted by molar-refractivity contribution is 6.30. The van der Waals surface area contributed by atoms with Crippen molar-refractivity contribution in [1.82, 2.24) is 5.32 Å². The van der Waals surface area contributed by atoms with Crippen LogP contribution in [0.2, 0.25) is 5.02 Å². The number of hydrogen-bond acceptors (Lipinski definition) is 4. The van der Waals surface area contributed by atoms with E-state index in [1.807, 2.05) is 18.2 Å². The zero-order valence-electron chi connectivity index (χ0n) is 14.0. The highest BCUT2D eigenvalue weighted by atomic mass is 35.5. The third-order valence-corrected chi connectivity index (χ3v) is 4.31. The molecule has 0 saturated carbocycles. The van der Waals surface area contributed by atoms with E-state index in [-0.39, 0.29) is 11.9 Å². The molecule has 2 rings (SSSR count). The number of rotatable bonds is 6. The predicted octanol–water partition coefficient (Wildman–Crippen LogP) is 2.42. The summed E-state index contributed by atoms with van der Waals surface area (Å²) in [7, 11) is 1.65. The minimum Gasteiger partial charge on any atom is -0.495 e. The summed E-state index contributed by atoms with van der Waals surface area (Å²) in [4.78, 5) is 14.3. The van der Waals surface area contributed by atoms with Crippen LogP contribution in [0, 0.1) is 5.92 Å². The number of nitrogens with two attached hydrogens (primary N) is 1. The van der Waals surface area contributed by atoms with E-state index in [4.69, 9.17) is 22.1 Å². The van der Waals surface area contributed by atoms with Gasteiger partial charge in [-0.1, -0.05) is 25.4 Å². The Balaban J connectivity index is 1.96. The molecule has 1 amide bonds. The fourth-order valence-electron chi connectivity index (χ4n) is 2.93. The molecule has 5 nitrogen and oxygen atoms in total. The molecule has 1 saturated heterocycles. The van der Waals surface area contributed by atoms with E-state index in [0.717, 1.165) is 30.9 Å². The van der Waals surface area contributed by atoms with Crippen molar-refractivity contribution < 1.29 is 9.53 Å². The second-order valence-electron chi connectivity index (χ2n) is 6.49. The molecule has 1 unspecified atom stereocenters. The molecular formula is C17H26ClN3O2. The molecule has 1 aliphatic heterocycles. The fraction of sp³-hybridized carbons (Fsp3) is 0.588. The molecule has 1 aromatic carbocycles. The lowest BCUT2D eigenvalue weighted by molar-refractivity contribution is -0.123. The number of halogens is 1. The maximum atomic E-state index is 12.2. The van der Waals surface area contributed by atoms with Crippen molar-refractivity contribution in [3.8, 4) is 5.75 Å². The molecule has 23 heavy (non-hydrogen) atoms. The van der Waals surface area contributed by atoms with Gasteiger partial charge in [-0.15, -0.1) is 0 Å². The number of carbonyl (C=O) groups is 1. The molecular weight excluding hydrogens is 314 g/mol. The van der Waals surface area contributed by atoms with E-state index in [1.165, 1.54) is 0 Å². The van der Waals surface area contributed by atoms with Gasteiger partial charge in [-0.25, -0.2) is 0 Å². The Hall–Kier alpha value is -1.46. The van der Waals surface area contributed by atoms with Gasteiger partial charge >= 0.3 is 0 Å².